The highest BCUT2D eigenvalue weighted by Crippen LogP contribution is 2.25. The van der Waals surface area contributed by atoms with E-state index in [0.717, 1.165) is 36.5 Å². The minimum atomic E-state index is -0.919. The summed E-state index contributed by atoms with van der Waals surface area (Å²) in [6, 6.07) is 3.60. The molecule has 1 amide bonds. The van der Waals surface area contributed by atoms with Gasteiger partial charge in [0, 0.05) is 30.9 Å². The highest BCUT2D eigenvalue weighted by atomic mass is 19.2. The number of carboxylic acid groups (broad SMARTS) is 1. The molecule has 0 aliphatic carbocycles. The Kier molecular flexibility index (Phi) is 6.82. The number of likely N-dealkylation sites (tertiary alicyclic amines) is 1. The van der Waals surface area contributed by atoms with Gasteiger partial charge in [-0.2, -0.15) is 0 Å². The SMILES string of the molecule is Cc1cnc(C2CCCN(C(=O)Cc3ccc(F)c(F)c3)C2)[nH]1.O=CO. The molecular formula is C18H21F2N3O3. The van der Waals surface area contributed by atoms with Crippen molar-refractivity contribution in [1.82, 2.24) is 14.9 Å². The Bertz CT molecular complexity index is 764. The number of aromatic nitrogens is 2. The van der Waals surface area contributed by atoms with E-state index in [4.69, 9.17) is 9.90 Å². The van der Waals surface area contributed by atoms with Crippen LogP contribution >= 0.6 is 0 Å². The highest BCUT2D eigenvalue weighted by Gasteiger charge is 2.26. The second-order valence-corrected chi connectivity index (χ2v) is 6.16. The van der Waals surface area contributed by atoms with Crippen molar-refractivity contribution in [2.24, 2.45) is 0 Å². The molecule has 1 saturated heterocycles. The molecule has 0 saturated carbocycles. The Balaban J connectivity index is 0.000000758. The summed E-state index contributed by atoms with van der Waals surface area (Å²) < 4.78 is 26.2. The molecule has 2 heterocycles. The number of nitrogens with zero attached hydrogens (tertiary/aromatic N) is 2. The highest BCUT2D eigenvalue weighted by molar-refractivity contribution is 5.79. The number of carbonyl (C=O) groups is 2. The Morgan fingerprint density at radius 2 is 2.15 bits per heavy atom. The molecular weight excluding hydrogens is 344 g/mol. The second kappa shape index (κ2) is 9.07. The fourth-order valence-corrected chi connectivity index (χ4v) is 3.00. The number of nitrogens with one attached hydrogen (secondary N) is 1. The molecule has 1 aromatic heterocycles. The van der Waals surface area contributed by atoms with Crippen LogP contribution in [0.15, 0.2) is 24.4 Å². The topological polar surface area (TPSA) is 86.3 Å². The molecule has 2 aromatic rings. The van der Waals surface area contributed by atoms with Crippen LogP contribution in [0, 0.1) is 18.6 Å². The minimum Gasteiger partial charge on any atom is -0.483 e. The van der Waals surface area contributed by atoms with Crippen LogP contribution in [0.1, 0.15) is 35.8 Å². The minimum absolute atomic E-state index is 0.0658. The number of imidazole rings is 1. The summed E-state index contributed by atoms with van der Waals surface area (Å²) in [6.45, 7) is 3.00. The lowest BCUT2D eigenvalue weighted by Crippen LogP contribution is -2.40. The average Bonchev–Trinajstić information content (AvgIpc) is 3.05. The quantitative estimate of drug-likeness (QED) is 0.819. The molecule has 0 radical (unpaired) electrons. The van der Waals surface area contributed by atoms with Gasteiger partial charge in [0.15, 0.2) is 11.6 Å². The molecule has 2 N–H and O–H groups in total. The summed E-state index contributed by atoms with van der Waals surface area (Å²) in [5.74, 6) is -0.770. The maximum atomic E-state index is 13.2. The fourth-order valence-electron chi connectivity index (χ4n) is 3.00. The van der Waals surface area contributed by atoms with Gasteiger partial charge in [0.05, 0.1) is 6.42 Å². The van der Waals surface area contributed by atoms with Crippen LogP contribution < -0.4 is 0 Å². The summed E-state index contributed by atoms with van der Waals surface area (Å²) in [4.78, 5) is 30.2. The molecule has 3 rings (SSSR count). The number of hydrogen-bond acceptors (Lipinski definition) is 3. The van der Waals surface area contributed by atoms with Crippen LogP contribution in [-0.4, -0.2) is 45.4 Å². The van der Waals surface area contributed by atoms with Crippen LogP contribution in [0.5, 0.6) is 0 Å². The molecule has 26 heavy (non-hydrogen) atoms. The lowest BCUT2D eigenvalue weighted by Gasteiger charge is -2.32. The van der Waals surface area contributed by atoms with Crippen LogP contribution in [0.3, 0.4) is 0 Å². The number of hydrogen-bond donors (Lipinski definition) is 2. The summed E-state index contributed by atoms with van der Waals surface area (Å²) >= 11 is 0. The summed E-state index contributed by atoms with van der Waals surface area (Å²) in [7, 11) is 0. The number of halogens is 2. The number of amides is 1. The van der Waals surface area contributed by atoms with Gasteiger partial charge in [-0.1, -0.05) is 6.07 Å². The molecule has 140 valence electrons. The molecule has 0 spiro atoms. The number of benzene rings is 1. The third-order valence-corrected chi connectivity index (χ3v) is 4.22. The van der Waals surface area contributed by atoms with Gasteiger partial charge in [0.1, 0.15) is 5.82 Å². The fraction of sp³-hybridized carbons (Fsp3) is 0.389. The van der Waals surface area contributed by atoms with Gasteiger partial charge in [0.2, 0.25) is 5.91 Å². The lowest BCUT2D eigenvalue weighted by atomic mass is 9.96. The van der Waals surface area contributed by atoms with Gasteiger partial charge < -0.3 is 15.0 Å². The zero-order chi connectivity index (χ0) is 19.1. The average molecular weight is 365 g/mol. The third kappa shape index (κ3) is 5.11. The number of carbonyl (C=O) groups excluding carboxylic acids is 1. The van der Waals surface area contributed by atoms with E-state index in [-0.39, 0.29) is 24.7 Å². The largest absolute Gasteiger partial charge is 0.483 e. The van der Waals surface area contributed by atoms with Crippen molar-refractivity contribution in [3.63, 3.8) is 0 Å². The zero-order valence-corrected chi connectivity index (χ0v) is 14.4. The lowest BCUT2D eigenvalue weighted by molar-refractivity contribution is -0.131. The van der Waals surface area contributed by atoms with Crippen molar-refractivity contribution in [1.29, 1.82) is 0 Å². The number of aromatic amines is 1. The Hall–Kier alpha value is -2.77. The van der Waals surface area contributed by atoms with Gasteiger partial charge >= 0.3 is 0 Å². The second-order valence-electron chi connectivity index (χ2n) is 6.16. The van der Waals surface area contributed by atoms with Crippen molar-refractivity contribution < 1.29 is 23.5 Å². The van der Waals surface area contributed by atoms with Crippen molar-refractivity contribution in [2.75, 3.05) is 13.1 Å². The number of rotatable bonds is 3. The maximum Gasteiger partial charge on any atom is 0.290 e. The van der Waals surface area contributed by atoms with Gasteiger partial charge in [-0.25, -0.2) is 13.8 Å². The van der Waals surface area contributed by atoms with E-state index in [9.17, 15) is 13.6 Å². The van der Waals surface area contributed by atoms with E-state index in [0.29, 0.717) is 18.7 Å². The molecule has 8 heteroatoms. The van der Waals surface area contributed by atoms with Crippen molar-refractivity contribution in [3.05, 3.63) is 53.1 Å². The van der Waals surface area contributed by atoms with Gasteiger partial charge in [-0.15, -0.1) is 0 Å². The van der Waals surface area contributed by atoms with E-state index >= 15 is 0 Å². The zero-order valence-electron chi connectivity index (χ0n) is 14.4. The van der Waals surface area contributed by atoms with Crippen LogP contribution in [0.4, 0.5) is 8.78 Å². The predicted molar refractivity (Wildman–Crippen MR) is 90.6 cm³/mol. The van der Waals surface area contributed by atoms with E-state index in [1.54, 1.807) is 11.1 Å². The van der Waals surface area contributed by atoms with Gasteiger partial charge in [-0.3, -0.25) is 9.59 Å². The summed E-state index contributed by atoms with van der Waals surface area (Å²) in [5, 5.41) is 6.89. The van der Waals surface area contributed by atoms with Crippen LogP contribution in [0.2, 0.25) is 0 Å². The molecule has 1 aromatic carbocycles. The first-order chi connectivity index (χ1) is 12.4. The molecule has 1 atom stereocenters. The summed E-state index contributed by atoms with van der Waals surface area (Å²) in [6.07, 6.45) is 3.77. The monoisotopic (exact) mass is 365 g/mol. The predicted octanol–water partition coefficient (Wildman–Crippen LogP) is 2.65. The van der Waals surface area contributed by atoms with E-state index in [2.05, 4.69) is 9.97 Å². The number of piperidine rings is 1. The first kappa shape index (κ1) is 19.6. The van der Waals surface area contributed by atoms with Crippen molar-refractivity contribution >= 4 is 12.4 Å². The summed E-state index contributed by atoms with van der Waals surface area (Å²) in [5.41, 5.74) is 1.50. The molecule has 0 bridgehead atoms. The van der Waals surface area contributed by atoms with Crippen molar-refractivity contribution in [3.8, 4) is 0 Å². The smallest absolute Gasteiger partial charge is 0.290 e. The molecule has 1 unspecified atom stereocenters. The number of H-pyrrole nitrogens is 1. The van der Waals surface area contributed by atoms with Gasteiger partial charge in [-0.05, 0) is 37.5 Å². The van der Waals surface area contributed by atoms with E-state index in [1.165, 1.54) is 6.07 Å². The Morgan fingerprint density at radius 3 is 2.77 bits per heavy atom. The normalized spacial score (nSPS) is 16.6. The van der Waals surface area contributed by atoms with E-state index in [1.807, 2.05) is 6.92 Å². The third-order valence-electron chi connectivity index (χ3n) is 4.22. The van der Waals surface area contributed by atoms with Gasteiger partial charge in [0.25, 0.3) is 6.47 Å². The first-order valence-corrected chi connectivity index (χ1v) is 8.25. The molecule has 1 aliphatic rings. The van der Waals surface area contributed by atoms with Crippen LogP contribution in [0.25, 0.3) is 0 Å². The number of aryl methyl sites for hydroxylation is 1. The maximum absolute atomic E-state index is 13.2. The molecule has 1 aliphatic heterocycles. The van der Waals surface area contributed by atoms with Crippen LogP contribution in [-0.2, 0) is 16.0 Å². The standard InChI is InChI=1S/C17H19F2N3O.CH2O2/c1-11-9-20-17(21-11)13-3-2-6-22(10-13)16(23)8-12-4-5-14(18)15(19)7-12;2-1-3/h4-5,7,9,13H,2-3,6,8,10H2,1H3,(H,20,21);1H,(H,2,3). The van der Waals surface area contributed by atoms with Crippen molar-refractivity contribution in [2.45, 2.75) is 32.1 Å². The Labute approximate surface area is 149 Å². The van der Waals surface area contributed by atoms with E-state index < -0.39 is 11.6 Å². The molecule has 1 fully saturated rings. The molecule has 6 nitrogen and oxygen atoms in total. The first-order valence-electron chi connectivity index (χ1n) is 8.25. The Morgan fingerprint density at radius 1 is 1.42 bits per heavy atom.